The van der Waals surface area contributed by atoms with Crippen molar-refractivity contribution in [1.82, 2.24) is 0 Å². The lowest BCUT2D eigenvalue weighted by Gasteiger charge is -2.29. The molecule has 0 saturated carbocycles. The predicted octanol–water partition coefficient (Wildman–Crippen LogP) is 2.41. The van der Waals surface area contributed by atoms with Crippen molar-refractivity contribution < 1.29 is 17.9 Å². The van der Waals surface area contributed by atoms with Gasteiger partial charge in [-0.05, 0) is 19.8 Å². The molecule has 0 aliphatic rings. The van der Waals surface area contributed by atoms with Crippen molar-refractivity contribution in [2.75, 3.05) is 32.2 Å². The van der Waals surface area contributed by atoms with Crippen molar-refractivity contribution in [3.05, 3.63) is 0 Å². The fraction of sp³-hybridized carbons (Fsp3) is 1.00. The Bertz CT molecular complexity index is 286. The van der Waals surface area contributed by atoms with Gasteiger partial charge in [-0.3, -0.25) is 0 Å². The Morgan fingerprint density at radius 2 is 1.59 bits per heavy atom. The Kier molecular flexibility index (Phi) is 8.37. The smallest absolute Gasteiger partial charge is 0.233 e. The molecule has 0 unspecified atom stereocenters. The van der Waals surface area contributed by atoms with E-state index in [0.29, 0.717) is 26.4 Å². The zero-order chi connectivity index (χ0) is 13.4. The number of hydrogen-bond acceptors (Lipinski definition) is 4. The summed E-state index contributed by atoms with van der Waals surface area (Å²) in [5.41, 5.74) is -0.382. The van der Waals surface area contributed by atoms with Crippen LogP contribution in [0.3, 0.4) is 0 Å². The molecule has 0 bridgehead atoms. The highest BCUT2D eigenvalue weighted by molar-refractivity contribution is 8.13. The average Bonchev–Trinajstić information content (AvgIpc) is 2.25. The van der Waals surface area contributed by atoms with Gasteiger partial charge in [-0.1, -0.05) is 13.8 Å². The number of hydrogen-bond donors (Lipinski definition) is 0. The van der Waals surface area contributed by atoms with Gasteiger partial charge in [0.1, 0.15) is 0 Å². The van der Waals surface area contributed by atoms with Gasteiger partial charge in [-0.2, -0.15) is 0 Å². The van der Waals surface area contributed by atoms with E-state index in [0.717, 1.165) is 12.8 Å². The summed E-state index contributed by atoms with van der Waals surface area (Å²) in [6.45, 7) is 7.91. The summed E-state index contributed by atoms with van der Waals surface area (Å²) in [4.78, 5) is 0. The molecule has 0 rings (SSSR count). The van der Waals surface area contributed by atoms with Crippen LogP contribution in [-0.4, -0.2) is 40.6 Å². The van der Waals surface area contributed by atoms with E-state index in [1.807, 2.05) is 20.8 Å². The zero-order valence-corrected chi connectivity index (χ0v) is 12.4. The van der Waals surface area contributed by atoms with E-state index < -0.39 is 9.05 Å². The van der Waals surface area contributed by atoms with Crippen LogP contribution in [0.25, 0.3) is 0 Å². The van der Waals surface area contributed by atoms with E-state index in [1.54, 1.807) is 0 Å². The fourth-order valence-corrected chi connectivity index (χ4v) is 3.53. The molecule has 0 N–H and O–H groups in total. The molecule has 0 heterocycles. The summed E-state index contributed by atoms with van der Waals surface area (Å²) in [5.74, 6) is -0.0385. The van der Waals surface area contributed by atoms with Crippen molar-refractivity contribution >= 4 is 19.7 Å². The van der Waals surface area contributed by atoms with Gasteiger partial charge in [0, 0.05) is 22.7 Å². The molecular weight excluding hydrogens is 264 g/mol. The number of ether oxygens (including phenoxy) is 2. The SMILES string of the molecule is CCOCCOCC(CC)(CC)CS(=O)(=O)Cl. The third kappa shape index (κ3) is 7.97. The summed E-state index contributed by atoms with van der Waals surface area (Å²) < 4.78 is 33.0. The highest BCUT2D eigenvalue weighted by atomic mass is 35.7. The minimum absolute atomic E-state index is 0.0385. The molecule has 0 aromatic heterocycles. The first-order valence-electron chi connectivity index (χ1n) is 5.97. The van der Waals surface area contributed by atoms with Crippen molar-refractivity contribution in [3.63, 3.8) is 0 Å². The largest absolute Gasteiger partial charge is 0.379 e. The van der Waals surface area contributed by atoms with Crippen LogP contribution in [0.1, 0.15) is 33.6 Å². The highest BCUT2D eigenvalue weighted by Crippen LogP contribution is 2.30. The molecule has 0 aromatic carbocycles. The highest BCUT2D eigenvalue weighted by Gasteiger charge is 2.31. The first-order chi connectivity index (χ1) is 7.89. The lowest BCUT2D eigenvalue weighted by atomic mass is 9.85. The van der Waals surface area contributed by atoms with Crippen LogP contribution < -0.4 is 0 Å². The molecule has 0 aliphatic carbocycles. The van der Waals surface area contributed by atoms with Crippen LogP contribution in [0.4, 0.5) is 0 Å². The molecule has 17 heavy (non-hydrogen) atoms. The maximum absolute atomic E-state index is 11.2. The van der Waals surface area contributed by atoms with Crippen LogP contribution in [0.5, 0.6) is 0 Å². The Morgan fingerprint density at radius 3 is 2.00 bits per heavy atom. The summed E-state index contributed by atoms with van der Waals surface area (Å²) in [7, 11) is 1.84. The maximum Gasteiger partial charge on any atom is 0.233 e. The monoisotopic (exact) mass is 286 g/mol. The molecule has 0 saturated heterocycles. The van der Waals surface area contributed by atoms with Crippen molar-refractivity contribution in [3.8, 4) is 0 Å². The van der Waals surface area contributed by atoms with E-state index in [-0.39, 0.29) is 11.2 Å². The first kappa shape index (κ1) is 17.2. The van der Waals surface area contributed by atoms with Crippen LogP contribution in [-0.2, 0) is 18.5 Å². The van der Waals surface area contributed by atoms with Crippen molar-refractivity contribution in [2.45, 2.75) is 33.6 Å². The van der Waals surface area contributed by atoms with E-state index in [1.165, 1.54) is 0 Å². The maximum atomic E-state index is 11.2. The van der Waals surface area contributed by atoms with Crippen LogP contribution in [0.2, 0.25) is 0 Å². The van der Waals surface area contributed by atoms with Gasteiger partial charge in [-0.15, -0.1) is 0 Å². The number of halogens is 1. The van der Waals surface area contributed by atoms with E-state index >= 15 is 0 Å². The molecule has 0 aliphatic heterocycles. The van der Waals surface area contributed by atoms with Crippen molar-refractivity contribution in [2.24, 2.45) is 5.41 Å². The summed E-state index contributed by atoms with van der Waals surface area (Å²) in [6, 6.07) is 0. The van der Waals surface area contributed by atoms with Crippen molar-refractivity contribution in [1.29, 1.82) is 0 Å². The lowest BCUT2D eigenvalue weighted by molar-refractivity contribution is 0.0110. The normalized spacial score (nSPS) is 12.9. The molecule has 0 spiro atoms. The second kappa shape index (κ2) is 8.29. The quantitative estimate of drug-likeness (QED) is 0.457. The molecule has 0 atom stereocenters. The zero-order valence-electron chi connectivity index (χ0n) is 10.9. The summed E-state index contributed by atoms with van der Waals surface area (Å²) >= 11 is 0. The first-order valence-corrected chi connectivity index (χ1v) is 8.44. The van der Waals surface area contributed by atoms with Gasteiger partial charge in [0.2, 0.25) is 9.05 Å². The molecule has 0 fully saturated rings. The van der Waals surface area contributed by atoms with E-state index in [4.69, 9.17) is 20.2 Å². The van der Waals surface area contributed by atoms with Gasteiger partial charge in [0.25, 0.3) is 0 Å². The third-order valence-electron chi connectivity index (χ3n) is 2.96. The Labute approximate surface area is 109 Å². The summed E-state index contributed by atoms with van der Waals surface area (Å²) in [6.07, 6.45) is 1.45. The topological polar surface area (TPSA) is 52.6 Å². The minimum atomic E-state index is -3.49. The Hall–Kier alpha value is 0.160. The fourth-order valence-electron chi connectivity index (χ4n) is 1.62. The van der Waals surface area contributed by atoms with Crippen LogP contribution in [0.15, 0.2) is 0 Å². The molecule has 0 amide bonds. The van der Waals surface area contributed by atoms with Crippen LogP contribution >= 0.6 is 10.7 Å². The standard InChI is InChI=1S/C11H23ClO4S/c1-4-11(5-2,10-17(12,13)14)9-16-8-7-15-6-3/h4-10H2,1-3H3. The number of rotatable bonds is 10. The Morgan fingerprint density at radius 1 is 1.06 bits per heavy atom. The molecule has 0 aromatic rings. The van der Waals surface area contributed by atoms with E-state index in [9.17, 15) is 8.42 Å². The van der Waals surface area contributed by atoms with Gasteiger partial charge in [0.15, 0.2) is 0 Å². The second-order valence-electron chi connectivity index (χ2n) is 4.14. The molecule has 6 heteroatoms. The lowest BCUT2D eigenvalue weighted by Crippen LogP contribution is -2.33. The molecule has 104 valence electrons. The van der Waals surface area contributed by atoms with Gasteiger partial charge >= 0.3 is 0 Å². The Balaban J connectivity index is 4.22. The molecule has 4 nitrogen and oxygen atoms in total. The van der Waals surface area contributed by atoms with Gasteiger partial charge < -0.3 is 9.47 Å². The molecule has 0 radical (unpaired) electrons. The third-order valence-corrected chi connectivity index (χ3v) is 4.25. The summed E-state index contributed by atoms with van der Waals surface area (Å²) in [5, 5.41) is 0. The average molecular weight is 287 g/mol. The van der Waals surface area contributed by atoms with Gasteiger partial charge in [-0.25, -0.2) is 8.42 Å². The predicted molar refractivity (Wildman–Crippen MR) is 70.0 cm³/mol. The van der Waals surface area contributed by atoms with E-state index in [2.05, 4.69) is 0 Å². The second-order valence-corrected chi connectivity index (χ2v) is 6.92. The van der Waals surface area contributed by atoms with Gasteiger partial charge in [0.05, 0.1) is 25.6 Å². The minimum Gasteiger partial charge on any atom is -0.379 e. The molecular formula is C11H23ClO4S. The van der Waals surface area contributed by atoms with Crippen LogP contribution in [0, 0.1) is 5.41 Å².